The molecule has 0 bridgehead atoms. The fourth-order valence-corrected chi connectivity index (χ4v) is 3.91. The van der Waals surface area contributed by atoms with E-state index in [0.717, 1.165) is 43.8 Å². The summed E-state index contributed by atoms with van der Waals surface area (Å²) in [7, 11) is 1.39. The number of rotatable bonds is 6. The summed E-state index contributed by atoms with van der Waals surface area (Å²) in [5, 5.41) is 0. The molecule has 1 saturated heterocycles. The molecule has 0 saturated carbocycles. The average molecular weight is 392 g/mol. The lowest BCUT2D eigenvalue weighted by molar-refractivity contribution is 0.0600. The van der Waals surface area contributed by atoms with Crippen LogP contribution < -0.4 is 5.73 Å². The molecule has 7 heteroatoms. The molecule has 0 aliphatic carbocycles. The van der Waals surface area contributed by atoms with E-state index in [1.165, 1.54) is 12.7 Å². The van der Waals surface area contributed by atoms with Crippen LogP contribution in [0.1, 0.15) is 44.4 Å². The fraction of sp³-hybridized carbons (Fsp3) is 0.318. The number of primary amides is 1. The number of imidazole rings is 1. The summed E-state index contributed by atoms with van der Waals surface area (Å²) in [6.07, 6.45) is 1.94. The summed E-state index contributed by atoms with van der Waals surface area (Å²) in [5.74, 6) is 0.452. The van der Waals surface area contributed by atoms with Crippen LogP contribution in [0.5, 0.6) is 0 Å². The minimum atomic E-state index is -0.458. The Morgan fingerprint density at radius 2 is 2.03 bits per heavy atom. The molecule has 0 radical (unpaired) electrons. The molecule has 1 fully saturated rings. The number of nitrogens with zero attached hydrogens (tertiary/aromatic N) is 2. The third-order valence-electron chi connectivity index (χ3n) is 5.55. The number of aromatic amines is 1. The first-order valence-corrected chi connectivity index (χ1v) is 9.73. The van der Waals surface area contributed by atoms with Crippen molar-refractivity contribution in [3.8, 4) is 0 Å². The molecule has 150 valence electrons. The van der Waals surface area contributed by atoms with Crippen molar-refractivity contribution >= 4 is 22.9 Å². The number of hydrogen-bond donors (Lipinski definition) is 2. The van der Waals surface area contributed by atoms with Gasteiger partial charge in [-0.15, -0.1) is 0 Å². The number of likely N-dealkylation sites (tertiary alicyclic amines) is 1. The second-order valence-corrected chi connectivity index (χ2v) is 7.41. The molecule has 2 heterocycles. The topological polar surface area (TPSA) is 101 Å². The van der Waals surface area contributed by atoms with Crippen LogP contribution >= 0.6 is 0 Å². The molecule has 1 atom stereocenters. The SMILES string of the molecule is COC(=O)c1ccc(CCN2CCC(c3nc4c(C(N)=O)cccc4[nH]3)C2)cc1. The Hall–Kier alpha value is -3.19. The maximum atomic E-state index is 11.6. The van der Waals surface area contributed by atoms with Gasteiger partial charge in [0.2, 0.25) is 0 Å². The van der Waals surface area contributed by atoms with Gasteiger partial charge in [-0.1, -0.05) is 18.2 Å². The molecule has 0 spiro atoms. The van der Waals surface area contributed by atoms with Crippen molar-refractivity contribution in [3.63, 3.8) is 0 Å². The summed E-state index contributed by atoms with van der Waals surface area (Å²) in [6.45, 7) is 2.87. The van der Waals surface area contributed by atoms with E-state index >= 15 is 0 Å². The van der Waals surface area contributed by atoms with Crippen molar-refractivity contribution in [1.82, 2.24) is 14.9 Å². The van der Waals surface area contributed by atoms with Gasteiger partial charge in [0.15, 0.2) is 0 Å². The summed E-state index contributed by atoms with van der Waals surface area (Å²) in [4.78, 5) is 33.6. The Bertz CT molecular complexity index is 1040. The van der Waals surface area contributed by atoms with Gasteiger partial charge in [0.1, 0.15) is 11.3 Å². The number of fused-ring (bicyclic) bond motifs is 1. The molecule has 1 amide bonds. The highest BCUT2D eigenvalue weighted by molar-refractivity contribution is 6.04. The van der Waals surface area contributed by atoms with Gasteiger partial charge in [0.05, 0.1) is 23.8 Å². The standard InChI is InChI=1S/C22H24N4O3/c1-29-22(28)15-7-5-14(6-8-15)9-11-26-12-10-16(13-26)21-24-18-4-2-3-17(20(23)27)19(18)25-21/h2-8,16H,9-13H2,1H3,(H2,23,27)(H,24,25). The Kier molecular flexibility index (Phi) is 5.31. The predicted octanol–water partition coefficient (Wildman–Crippen LogP) is 2.48. The molecule has 3 aromatic rings. The van der Waals surface area contributed by atoms with E-state index in [4.69, 9.17) is 10.5 Å². The minimum absolute atomic E-state index is 0.310. The zero-order valence-corrected chi connectivity index (χ0v) is 16.4. The number of para-hydroxylation sites is 1. The van der Waals surface area contributed by atoms with Crippen LogP contribution in [-0.2, 0) is 11.2 Å². The molecule has 1 aliphatic rings. The van der Waals surface area contributed by atoms with Crippen molar-refractivity contribution in [2.45, 2.75) is 18.8 Å². The Morgan fingerprint density at radius 3 is 2.76 bits per heavy atom. The number of amides is 1. The van der Waals surface area contributed by atoms with Crippen molar-refractivity contribution < 1.29 is 14.3 Å². The van der Waals surface area contributed by atoms with Crippen molar-refractivity contribution in [3.05, 3.63) is 65.0 Å². The first-order valence-electron chi connectivity index (χ1n) is 9.73. The molecule has 3 N–H and O–H groups in total. The molecule has 2 aromatic carbocycles. The van der Waals surface area contributed by atoms with Crippen molar-refractivity contribution in [1.29, 1.82) is 0 Å². The average Bonchev–Trinajstić information content (AvgIpc) is 3.38. The summed E-state index contributed by atoms with van der Waals surface area (Å²) >= 11 is 0. The summed E-state index contributed by atoms with van der Waals surface area (Å²) < 4.78 is 4.73. The van der Waals surface area contributed by atoms with E-state index in [1.54, 1.807) is 18.2 Å². The second-order valence-electron chi connectivity index (χ2n) is 7.41. The highest BCUT2D eigenvalue weighted by atomic mass is 16.5. The lowest BCUT2D eigenvalue weighted by atomic mass is 10.1. The zero-order chi connectivity index (χ0) is 20.4. The van der Waals surface area contributed by atoms with Crippen LogP contribution in [0.4, 0.5) is 0 Å². The van der Waals surface area contributed by atoms with Crippen LogP contribution in [0.25, 0.3) is 11.0 Å². The molecular formula is C22H24N4O3. The van der Waals surface area contributed by atoms with Gasteiger partial charge in [-0.05, 0) is 49.2 Å². The summed E-state index contributed by atoms with van der Waals surface area (Å²) in [6, 6.07) is 13.0. The molecule has 1 aromatic heterocycles. The Balaban J connectivity index is 1.38. The van der Waals surface area contributed by atoms with Gasteiger partial charge < -0.3 is 20.4 Å². The van der Waals surface area contributed by atoms with Gasteiger partial charge >= 0.3 is 5.97 Å². The minimum Gasteiger partial charge on any atom is -0.465 e. The number of aromatic nitrogens is 2. The van der Waals surface area contributed by atoms with Gasteiger partial charge in [-0.2, -0.15) is 0 Å². The van der Waals surface area contributed by atoms with Crippen LogP contribution in [0.15, 0.2) is 42.5 Å². The maximum Gasteiger partial charge on any atom is 0.337 e. The van der Waals surface area contributed by atoms with E-state index in [0.29, 0.717) is 22.6 Å². The number of methoxy groups -OCH3 is 1. The zero-order valence-electron chi connectivity index (χ0n) is 16.4. The highest BCUT2D eigenvalue weighted by Gasteiger charge is 2.26. The molecule has 29 heavy (non-hydrogen) atoms. The molecular weight excluding hydrogens is 368 g/mol. The number of H-pyrrole nitrogens is 1. The van der Waals surface area contributed by atoms with Crippen LogP contribution in [0.2, 0.25) is 0 Å². The molecule has 4 rings (SSSR count). The van der Waals surface area contributed by atoms with Gasteiger partial charge in [-0.25, -0.2) is 9.78 Å². The third-order valence-corrected chi connectivity index (χ3v) is 5.55. The number of esters is 1. The third kappa shape index (κ3) is 4.00. The lowest BCUT2D eigenvalue weighted by Crippen LogP contribution is -2.23. The largest absolute Gasteiger partial charge is 0.465 e. The number of hydrogen-bond acceptors (Lipinski definition) is 5. The van der Waals surface area contributed by atoms with E-state index in [-0.39, 0.29) is 5.97 Å². The smallest absolute Gasteiger partial charge is 0.337 e. The fourth-order valence-electron chi connectivity index (χ4n) is 3.91. The molecule has 1 unspecified atom stereocenters. The van der Waals surface area contributed by atoms with Crippen molar-refractivity contribution in [2.24, 2.45) is 5.73 Å². The number of carbonyl (C=O) groups is 2. The summed E-state index contributed by atoms with van der Waals surface area (Å²) in [5.41, 5.74) is 9.18. The Labute approximate surface area is 168 Å². The maximum absolute atomic E-state index is 11.6. The lowest BCUT2D eigenvalue weighted by Gasteiger charge is -2.15. The Morgan fingerprint density at radius 1 is 1.24 bits per heavy atom. The number of nitrogens with two attached hydrogens (primary N) is 1. The van der Waals surface area contributed by atoms with E-state index in [1.807, 2.05) is 24.3 Å². The van der Waals surface area contributed by atoms with E-state index in [2.05, 4.69) is 14.9 Å². The first-order chi connectivity index (χ1) is 14.0. The molecule has 7 nitrogen and oxygen atoms in total. The van der Waals surface area contributed by atoms with Crippen LogP contribution in [0.3, 0.4) is 0 Å². The van der Waals surface area contributed by atoms with Crippen LogP contribution in [-0.4, -0.2) is 53.5 Å². The van der Waals surface area contributed by atoms with Gasteiger partial charge in [0, 0.05) is 19.0 Å². The van der Waals surface area contributed by atoms with Crippen molar-refractivity contribution in [2.75, 3.05) is 26.7 Å². The number of nitrogens with one attached hydrogen (secondary N) is 1. The van der Waals surface area contributed by atoms with E-state index < -0.39 is 5.91 Å². The number of ether oxygens (including phenoxy) is 1. The number of benzene rings is 2. The first kappa shape index (κ1) is 19.1. The number of carbonyl (C=O) groups excluding carboxylic acids is 2. The van der Waals surface area contributed by atoms with Gasteiger partial charge in [-0.3, -0.25) is 4.79 Å². The normalized spacial score (nSPS) is 16.9. The highest BCUT2D eigenvalue weighted by Crippen LogP contribution is 2.28. The monoisotopic (exact) mass is 392 g/mol. The molecule has 1 aliphatic heterocycles. The quantitative estimate of drug-likeness (QED) is 0.628. The van der Waals surface area contributed by atoms with E-state index in [9.17, 15) is 9.59 Å². The predicted molar refractivity (Wildman–Crippen MR) is 110 cm³/mol. The second kappa shape index (κ2) is 8.05. The van der Waals surface area contributed by atoms with Crippen LogP contribution in [0, 0.1) is 0 Å². The van der Waals surface area contributed by atoms with Gasteiger partial charge in [0.25, 0.3) is 5.91 Å².